The smallest absolute Gasteiger partial charge is 0.297 e. The Morgan fingerprint density at radius 1 is 1.33 bits per heavy atom. The molecule has 4 rings (SSSR count). The molecule has 3 aromatic rings. The molecule has 0 aromatic carbocycles. The Kier molecular flexibility index (Phi) is 3.27. The highest BCUT2D eigenvalue weighted by molar-refractivity contribution is 5.29. The molecule has 11 heteroatoms. The molecule has 4 heterocycles. The third-order valence-corrected chi connectivity index (χ3v) is 4.06. The van der Waals surface area contributed by atoms with Crippen LogP contribution in [-0.2, 0) is 12.1 Å². The Balaban J connectivity index is 1.62. The van der Waals surface area contributed by atoms with E-state index >= 15 is 0 Å². The predicted molar refractivity (Wildman–Crippen MR) is 74.9 cm³/mol. The van der Waals surface area contributed by atoms with E-state index < -0.39 is 11.7 Å². The van der Waals surface area contributed by atoms with E-state index in [1.54, 1.807) is 29.1 Å². The van der Waals surface area contributed by atoms with Crippen LogP contribution >= 0.6 is 0 Å². The van der Waals surface area contributed by atoms with Crippen molar-refractivity contribution >= 4 is 5.78 Å². The molecule has 0 saturated carbocycles. The van der Waals surface area contributed by atoms with Crippen LogP contribution in [0.1, 0.15) is 24.4 Å². The number of rotatable bonds is 3. The van der Waals surface area contributed by atoms with Crippen LogP contribution in [0.5, 0.6) is 0 Å². The molecule has 1 saturated heterocycles. The molecule has 24 heavy (non-hydrogen) atoms. The van der Waals surface area contributed by atoms with Crippen LogP contribution in [0.3, 0.4) is 0 Å². The van der Waals surface area contributed by atoms with Crippen molar-refractivity contribution in [3.63, 3.8) is 0 Å². The second-order valence-corrected chi connectivity index (χ2v) is 5.64. The van der Waals surface area contributed by atoms with Gasteiger partial charge in [0.1, 0.15) is 6.54 Å². The van der Waals surface area contributed by atoms with E-state index in [4.69, 9.17) is 0 Å². The molecule has 0 bridgehead atoms. The molecule has 126 valence electrons. The summed E-state index contributed by atoms with van der Waals surface area (Å²) in [6.45, 7) is 0.385. The second-order valence-electron chi connectivity index (χ2n) is 5.64. The van der Waals surface area contributed by atoms with Crippen LogP contribution in [0, 0.1) is 0 Å². The van der Waals surface area contributed by atoms with Crippen molar-refractivity contribution in [1.29, 1.82) is 0 Å². The van der Waals surface area contributed by atoms with Crippen LogP contribution in [-0.4, -0.2) is 47.3 Å². The van der Waals surface area contributed by atoms with Crippen molar-refractivity contribution in [2.75, 3.05) is 6.54 Å². The molecular weight excluding hydrogens is 325 g/mol. The monoisotopic (exact) mass is 338 g/mol. The molecule has 1 N–H and O–H groups in total. The highest BCUT2D eigenvalue weighted by Gasteiger charge is 2.60. The summed E-state index contributed by atoms with van der Waals surface area (Å²) in [5.41, 5.74) is -1.63. The summed E-state index contributed by atoms with van der Waals surface area (Å²) in [7, 11) is 0. The van der Waals surface area contributed by atoms with E-state index in [0.717, 1.165) is 4.80 Å². The van der Waals surface area contributed by atoms with E-state index in [0.29, 0.717) is 17.9 Å². The minimum Gasteiger partial charge on any atom is -0.297 e. The average Bonchev–Trinajstić information content (AvgIpc) is 3.25. The van der Waals surface area contributed by atoms with Crippen LogP contribution in [0.2, 0.25) is 0 Å². The lowest BCUT2D eigenvalue weighted by molar-refractivity contribution is -0.198. The Bertz CT molecular complexity index is 828. The first-order valence-electron chi connectivity index (χ1n) is 7.37. The fourth-order valence-corrected chi connectivity index (χ4v) is 2.88. The van der Waals surface area contributed by atoms with E-state index in [1.807, 2.05) is 0 Å². The van der Waals surface area contributed by atoms with Crippen molar-refractivity contribution < 1.29 is 13.2 Å². The Morgan fingerprint density at radius 2 is 2.21 bits per heavy atom. The molecule has 1 atom stereocenters. The summed E-state index contributed by atoms with van der Waals surface area (Å²) in [5, 5.41) is 13.8. The van der Waals surface area contributed by atoms with Gasteiger partial charge in [0.15, 0.2) is 5.54 Å². The van der Waals surface area contributed by atoms with Gasteiger partial charge < -0.3 is 0 Å². The standard InChI is InChI=1S/C13H13F3N8/c14-13(15,16)12(3-1-5-18-12)10-20-22-24(21-10)8-9-7-23-6-2-4-17-11(23)19-9/h2,4,6-7,18H,1,3,5,8H2. The lowest BCUT2D eigenvalue weighted by Gasteiger charge is -2.28. The number of hydrogen-bond donors (Lipinski definition) is 1. The Hall–Kier alpha value is -2.56. The molecule has 1 aliphatic heterocycles. The summed E-state index contributed by atoms with van der Waals surface area (Å²) >= 11 is 0. The maximum absolute atomic E-state index is 13.5. The minimum atomic E-state index is -4.48. The first kappa shape index (κ1) is 15.0. The van der Waals surface area contributed by atoms with Crippen LogP contribution in [0.25, 0.3) is 5.78 Å². The number of aromatic nitrogens is 7. The Morgan fingerprint density at radius 3 is 2.92 bits per heavy atom. The number of halogens is 3. The molecule has 0 aliphatic carbocycles. The maximum Gasteiger partial charge on any atom is 0.414 e. The molecule has 0 amide bonds. The fraction of sp³-hybridized carbons (Fsp3) is 0.462. The van der Waals surface area contributed by atoms with Gasteiger partial charge in [-0.1, -0.05) is 0 Å². The van der Waals surface area contributed by atoms with Crippen LogP contribution in [0.15, 0.2) is 24.7 Å². The van der Waals surface area contributed by atoms with E-state index in [1.165, 1.54) is 0 Å². The number of imidazole rings is 1. The van der Waals surface area contributed by atoms with Gasteiger partial charge in [-0.25, -0.2) is 9.97 Å². The van der Waals surface area contributed by atoms with Gasteiger partial charge in [-0.05, 0) is 30.7 Å². The van der Waals surface area contributed by atoms with Gasteiger partial charge in [-0.2, -0.15) is 18.0 Å². The van der Waals surface area contributed by atoms with E-state index in [2.05, 4.69) is 30.7 Å². The van der Waals surface area contributed by atoms with Crippen molar-refractivity contribution in [2.24, 2.45) is 0 Å². The number of tetrazole rings is 1. The van der Waals surface area contributed by atoms with Crippen molar-refractivity contribution in [3.8, 4) is 0 Å². The molecular formula is C13H13F3N8. The zero-order valence-electron chi connectivity index (χ0n) is 12.4. The number of hydrogen-bond acceptors (Lipinski definition) is 6. The summed E-state index contributed by atoms with van der Waals surface area (Å²) in [4.78, 5) is 9.46. The van der Waals surface area contributed by atoms with Crippen LogP contribution in [0.4, 0.5) is 13.2 Å². The first-order valence-corrected chi connectivity index (χ1v) is 7.37. The number of nitrogens with one attached hydrogen (secondary N) is 1. The topological polar surface area (TPSA) is 85.8 Å². The maximum atomic E-state index is 13.5. The van der Waals surface area contributed by atoms with Crippen molar-refractivity contribution in [3.05, 3.63) is 36.2 Å². The number of fused-ring (bicyclic) bond motifs is 1. The first-order chi connectivity index (χ1) is 11.5. The van der Waals surface area contributed by atoms with Crippen molar-refractivity contribution in [1.82, 2.24) is 39.9 Å². The molecule has 0 radical (unpaired) electrons. The average molecular weight is 338 g/mol. The Labute approximate surface area is 133 Å². The molecule has 3 aromatic heterocycles. The lowest BCUT2D eigenvalue weighted by atomic mass is 9.96. The van der Waals surface area contributed by atoms with Crippen LogP contribution < -0.4 is 5.32 Å². The summed E-state index contributed by atoms with van der Waals surface area (Å²) < 4.78 is 42.1. The lowest BCUT2D eigenvalue weighted by Crippen LogP contribution is -2.50. The van der Waals surface area contributed by atoms with Gasteiger partial charge in [-0.15, -0.1) is 10.2 Å². The van der Waals surface area contributed by atoms with E-state index in [-0.39, 0.29) is 25.3 Å². The van der Waals surface area contributed by atoms with Gasteiger partial charge >= 0.3 is 6.18 Å². The third kappa shape index (κ3) is 2.31. The highest BCUT2D eigenvalue weighted by Crippen LogP contribution is 2.43. The van der Waals surface area contributed by atoms with Gasteiger partial charge in [0.25, 0.3) is 0 Å². The zero-order valence-corrected chi connectivity index (χ0v) is 12.4. The molecule has 1 unspecified atom stereocenters. The van der Waals surface area contributed by atoms with Gasteiger partial charge in [0.2, 0.25) is 11.6 Å². The minimum absolute atomic E-state index is 0.0967. The van der Waals surface area contributed by atoms with Gasteiger partial charge in [-0.3, -0.25) is 9.72 Å². The normalized spacial score (nSPS) is 21.6. The second kappa shape index (κ2) is 5.23. The molecule has 8 nitrogen and oxygen atoms in total. The quantitative estimate of drug-likeness (QED) is 0.764. The van der Waals surface area contributed by atoms with Gasteiger partial charge in [0, 0.05) is 18.6 Å². The molecule has 0 spiro atoms. The molecule has 1 fully saturated rings. The van der Waals surface area contributed by atoms with E-state index in [9.17, 15) is 13.2 Å². The fourth-order valence-electron chi connectivity index (χ4n) is 2.88. The summed E-state index contributed by atoms with van der Waals surface area (Å²) in [6.07, 6.45) is 0.937. The zero-order chi connectivity index (χ0) is 16.8. The van der Waals surface area contributed by atoms with Gasteiger partial charge in [0.05, 0.1) is 5.69 Å². The summed E-state index contributed by atoms with van der Waals surface area (Å²) in [5.74, 6) is 0.145. The summed E-state index contributed by atoms with van der Waals surface area (Å²) in [6, 6.07) is 1.75. The van der Waals surface area contributed by atoms with Crippen molar-refractivity contribution in [2.45, 2.75) is 31.1 Å². The third-order valence-electron chi connectivity index (χ3n) is 4.06. The number of nitrogens with zero attached hydrogens (tertiary/aromatic N) is 7. The highest BCUT2D eigenvalue weighted by atomic mass is 19.4. The number of alkyl halides is 3. The predicted octanol–water partition coefficient (Wildman–Crippen LogP) is 0.905. The SMILES string of the molecule is FC(F)(F)C1(c2nnn(Cc3cn4cccnc4n3)n2)CCCN1. The largest absolute Gasteiger partial charge is 0.414 e. The molecule has 1 aliphatic rings.